The van der Waals surface area contributed by atoms with Gasteiger partial charge in [-0.15, -0.1) is 0 Å². The van der Waals surface area contributed by atoms with E-state index in [4.69, 9.17) is 26.3 Å². The van der Waals surface area contributed by atoms with E-state index in [1.54, 1.807) is 24.3 Å². The molecule has 5 heterocycles. The van der Waals surface area contributed by atoms with Gasteiger partial charge in [0.25, 0.3) is 5.91 Å². The lowest BCUT2D eigenvalue weighted by molar-refractivity contribution is -0.126. The molecule has 1 aromatic carbocycles. The first-order valence-corrected chi connectivity index (χ1v) is 16.6. The van der Waals surface area contributed by atoms with Gasteiger partial charge in [0.2, 0.25) is 5.91 Å². The highest BCUT2D eigenvalue weighted by molar-refractivity contribution is 7.17. The molecular formula is C34H37ClN8O4S. The number of aryl methyl sites for hydroxylation is 2. The number of anilines is 5. The molecule has 48 heavy (non-hydrogen) atoms. The number of piperazine rings is 1. The number of nitrogens with zero attached hydrogens (tertiary/aromatic N) is 6. The van der Waals surface area contributed by atoms with E-state index in [9.17, 15) is 14.7 Å². The van der Waals surface area contributed by atoms with Crippen molar-refractivity contribution in [3.8, 4) is 17.0 Å². The molecule has 2 aliphatic heterocycles. The fourth-order valence-corrected chi connectivity index (χ4v) is 6.87. The molecule has 0 bridgehead atoms. The molecule has 0 aliphatic carbocycles. The van der Waals surface area contributed by atoms with Gasteiger partial charge >= 0.3 is 0 Å². The zero-order valence-corrected chi connectivity index (χ0v) is 28.8. The number of aliphatic hydroxyl groups is 1. The maximum atomic E-state index is 13.0. The van der Waals surface area contributed by atoms with E-state index in [0.29, 0.717) is 77.2 Å². The van der Waals surface area contributed by atoms with Gasteiger partial charge in [-0.1, -0.05) is 41.6 Å². The number of methoxy groups -OCH3 is 1. The maximum absolute atomic E-state index is 13.0. The van der Waals surface area contributed by atoms with Crippen molar-refractivity contribution in [2.75, 3.05) is 66.8 Å². The van der Waals surface area contributed by atoms with Crippen LogP contribution >= 0.6 is 22.9 Å². The van der Waals surface area contributed by atoms with Gasteiger partial charge in [0.05, 0.1) is 41.0 Å². The van der Waals surface area contributed by atoms with E-state index in [2.05, 4.69) is 32.0 Å². The second-order valence-corrected chi connectivity index (χ2v) is 13.6. The maximum Gasteiger partial charge on any atom is 0.267 e. The molecule has 0 atom stereocenters. The molecular weight excluding hydrogens is 652 g/mol. The van der Waals surface area contributed by atoms with Crippen molar-refractivity contribution in [3.05, 3.63) is 76.4 Å². The third-order valence-electron chi connectivity index (χ3n) is 8.40. The van der Waals surface area contributed by atoms with E-state index in [-0.39, 0.29) is 11.8 Å². The molecule has 0 unspecified atom stereocenters. The van der Waals surface area contributed by atoms with Crippen molar-refractivity contribution in [1.29, 1.82) is 0 Å². The van der Waals surface area contributed by atoms with Crippen LogP contribution in [0.25, 0.3) is 11.3 Å². The van der Waals surface area contributed by atoms with Crippen LogP contribution in [0.5, 0.6) is 5.75 Å². The van der Waals surface area contributed by atoms with Crippen molar-refractivity contribution in [1.82, 2.24) is 19.9 Å². The third kappa shape index (κ3) is 6.80. The summed E-state index contributed by atoms with van der Waals surface area (Å²) in [4.78, 5) is 45.9. The molecule has 6 rings (SSSR count). The topological polar surface area (TPSA) is 136 Å². The predicted molar refractivity (Wildman–Crippen MR) is 190 cm³/mol. The van der Waals surface area contributed by atoms with Crippen LogP contribution in [0.4, 0.5) is 28.1 Å². The number of amides is 2. The second kappa shape index (κ2) is 13.4. The van der Waals surface area contributed by atoms with Crippen LogP contribution in [0.15, 0.2) is 55.4 Å². The summed E-state index contributed by atoms with van der Waals surface area (Å²) in [5.74, 6) is 1.34. The molecule has 2 saturated heterocycles. The van der Waals surface area contributed by atoms with E-state index < -0.39 is 5.60 Å². The first-order chi connectivity index (χ1) is 23.0. The zero-order valence-electron chi connectivity index (χ0n) is 27.2. The Morgan fingerprint density at radius 2 is 1.83 bits per heavy atom. The summed E-state index contributed by atoms with van der Waals surface area (Å²) in [5, 5.41) is 17.6. The molecule has 14 heteroatoms. The highest BCUT2D eigenvalue weighted by Gasteiger charge is 2.39. The predicted octanol–water partition coefficient (Wildman–Crippen LogP) is 5.28. The van der Waals surface area contributed by atoms with Gasteiger partial charge in [-0.25, -0.2) is 15.0 Å². The molecule has 2 aliphatic rings. The van der Waals surface area contributed by atoms with Gasteiger partial charge in [0, 0.05) is 51.0 Å². The number of β-amino-alcohol motifs (C(OH)–C–C–N with tert-alkyl or cyclic N) is 1. The number of aromatic nitrogens is 3. The molecule has 2 amide bonds. The molecule has 4 aromatic rings. The number of rotatable bonds is 9. The van der Waals surface area contributed by atoms with Crippen molar-refractivity contribution < 1.29 is 19.4 Å². The Morgan fingerprint density at radius 3 is 2.50 bits per heavy atom. The molecule has 3 aromatic heterocycles. The lowest BCUT2D eigenvalue weighted by Gasteiger charge is -2.47. The minimum atomic E-state index is -0.788. The van der Waals surface area contributed by atoms with Crippen LogP contribution in [0.2, 0.25) is 5.02 Å². The minimum Gasteiger partial charge on any atom is -0.493 e. The van der Waals surface area contributed by atoms with Crippen molar-refractivity contribution in [2.45, 2.75) is 26.4 Å². The highest BCUT2D eigenvalue weighted by atomic mass is 35.5. The minimum absolute atomic E-state index is 0.0770. The van der Waals surface area contributed by atoms with E-state index >= 15 is 0 Å². The summed E-state index contributed by atoms with van der Waals surface area (Å²) >= 11 is 7.49. The molecule has 0 spiro atoms. The monoisotopic (exact) mass is 688 g/mol. The van der Waals surface area contributed by atoms with Gasteiger partial charge in [0.15, 0.2) is 22.5 Å². The molecule has 0 radical (unpaired) electrons. The summed E-state index contributed by atoms with van der Waals surface area (Å²) in [6, 6.07) is 9.37. The Balaban J connectivity index is 1.27. The molecule has 12 nitrogen and oxygen atoms in total. The van der Waals surface area contributed by atoms with Gasteiger partial charge in [-0.05, 0) is 56.2 Å². The van der Waals surface area contributed by atoms with Crippen LogP contribution in [-0.4, -0.2) is 88.8 Å². The molecule has 3 N–H and O–H groups in total. The largest absolute Gasteiger partial charge is 0.493 e. The number of hydrogen-bond acceptors (Lipinski definition) is 11. The van der Waals surface area contributed by atoms with Crippen LogP contribution in [0.1, 0.15) is 27.7 Å². The Hall–Kier alpha value is -4.72. The Labute approximate surface area is 288 Å². The first-order valence-electron chi connectivity index (χ1n) is 15.5. The zero-order chi connectivity index (χ0) is 34.2. The molecule has 2 fully saturated rings. The van der Waals surface area contributed by atoms with E-state index in [1.165, 1.54) is 23.6 Å². The average Bonchev–Trinajstić information content (AvgIpc) is 3.54. The first kappa shape index (κ1) is 33.2. The Kier molecular flexibility index (Phi) is 9.28. The lowest BCUT2D eigenvalue weighted by Crippen LogP contribution is -2.60. The van der Waals surface area contributed by atoms with Crippen molar-refractivity contribution >= 4 is 62.9 Å². The normalized spacial score (nSPS) is 15.5. The average molecular weight is 689 g/mol. The molecule has 250 valence electrons. The smallest absolute Gasteiger partial charge is 0.267 e. The number of ether oxygens (including phenoxy) is 1. The number of halogens is 1. The summed E-state index contributed by atoms with van der Waals surface area (Å²) < 4.78 is 5.66. The highest BCUT2D eigenvalue weighted by Crippen LogP contribution is 2.39. The summed E-state index contributed by atoms with van der Waals surface area (Å²) in [6.07, 6.45) is 4.64. The fourth-order valence-electron chi connectivity index (χ4n) is 5.90. The van der Waals surface area contributed by atoms with Crippen LogP contribution in [0, 0.1) is 13.8 Å². The van der Waals surface area contributed by atoms with Gasteiger partial charge in [0.1, 0.15) is 4.88 Å². The third-order valence-corrected chi connectivity index (χ3v) is 9.63. The number of nitrogens with one attached hydrogen (secondary N) is 2. The second-order valence-electron chi connectivity index (χ2n) is 12.2. The fraction of sp³-hybridized carbons (Fsp3) is 0.324. The summed E-state index contributed by atoms with van der Waals surface area (Å²) in [5.41, 5.74) is 3.87. The number of pyridine rings is 2. The SMILES string of the molecule is C=CC(=O)N1CCN(c2ncc(-c3nc(Nc4ncc(C(=O)Nc5c(C)cccc5Cl)s4)c(OC)cc3C)cc2N2CC(C)(O)C2)CC1. The van der Waals surface area contributed by atoms with E-state index in [1.807, 2.05) is 45.0 Å². The van der Waals surface area contributed by atoms with Crippen molar-refractivity contribution in [2.24, 2.45) is 0 Å². The summed E-state index contributed by atoms with van der Waals surface area (Å²) in [6.45, 7) is 12.6. The van der Waals surface area contributed by atoms with Gasteiger partial charge in [-0.2, -0.15) is 0 Å². The number of benzene rings is 1. The van der Waals surface area contributed by atoms with Gasteiger partial charge < -0.3 is 35.2 Å². The molecule has 0 saturated carbocycles. The summed E-state index contributed by atoms with van der Waals surface area (Å²) in [7, 11) is 1.57. The number of para-hydroxylation sites is 1. The van der Waals surface area contributed by atoms with E-state index in [0.717, 1.165) is 28.2 Å². The van der Waals surface area contributed by atoms with Crippen LogP contribution in [-0.2, 0) is 4.79 Å². The number of hydrogen-bond donors (Lipinski definition) is 3. The van der Waals surface area contributed by atoms with Gasteiger partial charge in [-0.3, -0.25) is 9.59 Å². The lowest BCUT2D eigenvalue weighted by atomic mass is 9.95. The standard InChI is InChI=1S/C34H37ClN8O4S/c1-6-27(44)41-10-12-42(13-11-41)31-24(43-18-34(4,46)19-43)15-22(16-36-31)28-21(3)14-25(47-5)30(38-28)40-33-37-17-26(48-33)32(45)39-29-20(2)8-7-9-23(29)35/h6-9,14-17,46H,1,10-13,18-19H2,2-5H3,(H,39,45)(H,37,38,40). The van der Waals surface area contributed by atoms with Crippen molar-refractivity contribution in [3.63, 3.8) is 0 Å². The van der Waals surface area contributed by atoms with Crippen LogP contribution in [0.3, 0.4) is 0 Å². The Bertz CT molecular complexity index is 1860. The Morgan fingerprint density at radius 1 is 1.08 bits per heavy atom. The number of carbonyl (C=O) groups excluding carboxylic acids is 2. The van der Waals surface area contributed by atoms with Crippen LogP contribution < -0.4 is 25.2 Å². The number of carbonyl (C=O) groups is 2. The quantitative estimate of drug-likeness (QED) is 0.199. The number of thiazole rings is 1.